The molecule has 1 N–H and O–H groups in total. The van der Waals surface area contributed by atoms with Crippen molar-refractivity contribution < 1.29 is 29.1 Å². The monoisotopic (exact) mass is 327 g/mol. The lowest BCUT2D eigenvalue weighted by atomic mass is 9.89. The molecule has 0 aromatic heterocycles. The Morgan fingerprint density at radius 3 is 2.87 bits per heavy atom. The summed E-state index contributed by atoms with van der Waals surface area (Å²) in [6, 6.07) is -0.0638. The Labute approximate surface area is 136 Å². The summed E-state index contributed by atoms with van der Waals surface area (Å²) in [6.07, 6.45) is 2.66. The SMILES string of the molecule is [C-]#[N+][C@H](C)C[C@H]1CC[C@@H]2O[C@@H](CCC(=O)OOC)[C@@H](CO)C2O1. The van der Waals surface area contributed by atoms with Crippen LogP contribution < -0.4 is 0 Å². The summed E-state index contributed by atoms with van der Waals surface area (Å²) in [7, 11) is 1.28. The van der Waals surface area contributed by atoms with E-state index >= 15 is 0 Å². The molecule has 2 aliphatic heterocycles. The van der Waals surface area contributed by atoms with E-state index in [1.807, 2.05) is 6.92 Å². The number of nitrogens with zero attached hydrogens (tertiary/aromatic N) is 1. The molecule has 0 aromatic rings. The summed E-state index contributed by atoms with van der Waals surface area (Å²) < 4.78 is 12.1. The fraction of sp³-hybridized carbons (Fsp3) is 0.875. The van der Waals surface area contributed by atoms with Crippen LogP contribution in [0.25, 0.3) is 4.85 Å². The second-order valence-electron chi connectivity index (χ2n) is 6.23. The van der Waals surface area contributed by atoms with E-state index in [9.17, 15) is 9.90 Å². The average molecular weight is 327 g/mol. The molecule has 2 heterocycles. The van der Waals surface area contributed by atoms with E-state index in [4.69, 9.17) is 16.0 Å². The van der Waals surface area contributed by atoms with E-state index in [2.05, 4.69) is 14.6 Å². The number of fused-ring (bicyclic) bond motifs is 1. The molecule has 6 atom stereocenters. The minimum atomic E-state index is -0.452. The highest BCUT2D eigenvalue weighted by Crippen LogP contribution is 2.39. The van der Waals surface area contributed by atoms with Crippen LogP contribution in [0.1, 0.15) is 39.0 Å². The standard InChI is InChI=1S/C16H25NO6/c1-10(17-2)8-11-4-5-14-16(21-11)12(9-18)13(22-14)6-7-15(19)23-20-3/h10-14,16,18H,4-9H2,1,3H3/t10-,11-,12-,13+,14+,16?/m1/s1. The molecule has 2 saturated heterocycles. The Kier molecular flexibility index (Phi) is 6.78. The van der Waals surface area contributed by atoms with Gasteiger partial charge in [-0.3, -0.25) is 4.89 Å². The third-order valence-electron chi connectivity index (χ3n) is 4.58. The Hall–Kier alpha value is -1.20. The number of ether oxygens (including phenoxy) is 2. The second kappa shape index (κ2) is 8.60. The minimum absolute atomic E-state index is 0.0372. The van der Waals surface area contributed by atoms with Gasteiger partial charge in [-0.2, -0.15) is 4.89 Å². The van der Waals surface area contributed by atoms with E-state index in [0.717, 1.165) is 12.8 Å². The van der Waals surface area contributed by atoms with Crippen molar-refractivity contribution in [2.75, 3.05) is 13.7 Å². The average Bonchev–Trinajstić information content (AvgIpc) is 2.89. The number of hydrogen-bond donors (Lipinski definition) is 1. The quantitative estimate of drug-likeness (QED) is 0.434. The normalized spacial score (nSPS) is 34.4. The molecule has 23 heavy (non-hydrogen) atoms. The zero-order chi connectivity index (χ0) is 16.8. The van der Waals surface area contributed by atoms with Crippen LogP contribution in [0.4, 0.5) is 0 Å². The number of carbonyl (C=O) groups excluding carboxylic acids is 1. The zero-order valence-electron chi connectivity index (χ0n) is 13.6. The van der Waals surface area contributed by atoms with Crippen LogP contribution in [0, 0.1) is 12.5 Å². The van der Waals surface area contributed by atoms with Gasteiger partial charge in [0, 0.05) is 19.3 Å². The molecule has 130 valence electrons. The molecular weight excluding hydrogens is 302 g/mol. The first-order valence-electron chi connectivity index (χ1n) is 8.10. The van der Waals surface area contributed by atoms with Gasteiger partial charge in [-0.15, -0.1) is 0 Å². The van der Waals surface area contributed by atoms with Gasteiger partial charge in [0.2, 0.25) is 6.04 Å². The number of rotatable bonds is 7. The van der Waals surface area contributed by atoms with E-state index in [-0.39, 0.29) is 49.4 Å². The molecule has 0 bridgehead atoms. The third kappa shape index (κ3) is 4.64. The third-order valence-corrected chi connectivity index (χ3v) is 4.58. The predicted octanol–water partition coefficient (Wildman–Crippen LogP) is 1.49. The molecule has 7 heteroatoms. The van der Waals surface area contributed by atoms with Crippen LogP contribution in [0.3, 0.4) is 0 Å². The predicted molar refractivity (Wildman–Crippen MR) is 80.1 cm³/mol. The summed E-state index contributed by atoms with van der Waals surface area (Å²) in [5, 5.41) is 9.71. The van der Waals surface area contributed by atoms with Gasteiger partial charge in [0.15, 0.2) is 0 Å². The topological polar surface area (TPSA) is 78.6 Å². The summed E-state index contributed by atoms with van der Waals surface area (Å²) in [5.74, 6) is -0.603. The van der Waals surface area contributed by atoms with Crippen LogP contribution >= 0.6 is 0 Å². The smallest absolute Gasteiger partial charge is 0.342 e. The summed E-state index contributed by atoms with van der Waals surface area (Å²) in [6.45, 7) is 8.91. The highest BCUT2D eigenvalue weighted by atomic mass is 17.2. The van der Waals surface area contributed by atoms with Gasteiger partial charge in [-0.25, -0.2) is 11.4 Å². The van der Waals surface area contributed by atoms with Gasteiger partial charge in [0.1, 0.15) is 0 Å². The largest absolute Gasteiger partial charge is 0.396 e. The lowest BCUT2D eigenvalue weighted by Crippen LogP contribution is -2.41. The molecule has 0 amide bonds. The first-order chi connectivity index (χ1) is 11.1. The van der Waals surface area contributed by atoms with E-state index in [0.29, 0.717) is 12.8 Å². The van der Waals surface area contributed by atoms with Crippen LogP contribution in [0.5, 0.6) is 0 Å². The molecule has 0 radical (unpaired) electrons. The van der Waals surface area contributed by atoms with Gasteiger partial charge < -0.3 is 19.4 Å². The van der Waals surface area contributed by atoms with Gasteiger partial charge in [0.25, 0.3) is 0 Å². The highest BCUT2D eigenvalue weighted by molar-refractivity contribution is 5.68. The molecule has 7 nitrogen and oxygen atoms in total. The summed E-state index contributed by atoms with van der Waals surface area (Å²) >= 11 is 0. The van der Waals surface area contributed by atoms with Crippen LogP contribution in [-0.4, -0.2) is 55.3 Å². The van der Waals surface area contributed by atoms with E-state index in [1.54, 1.807) is 0 Å². The molecule has 0 aromatic carbocycles. The molecule has 0 aliphatic carbocycles. The van der Waals surface area contributed by atoms with E-state index in [1.165, 1.54) is 7.11 Å². The van der Waals surface area contributed by atoms with E-state index < -0.39 is 5.97 Å². The fourth-order valence-corrected chi connectivity index (χ4v) is 3.46. The van der Waals surface area contributed by atoms with Crippen LogP contribution in [0.2, 0.25) is 0 Å². The Morgan fingerprint density at radius 2 is 2.22 bits per heavy atom. The van der Waals surface area contributed by atoms with Crippen molar-refractivity contribution in [3.63, 3.8) is 0 Å². The molecule has 0 saturated carbocycles. The van der Waals surface area contributed by atoms with Crippen molar-refractivity contribution >= 4 is 5.97 Å². The van der Waals surface area contributed by atoms with Crippen molar-refractivity contribution in [1.82, 2.24) is 0 Å². The van der Waals surface area contributed by atoms with Crippen molar-refractivity contribution in [3.05, 3.63) is 11.4 Å². The number of carbonyl (C=O) groups is 1. The van der Waals surface area contributed by atoms with Crippen LogP contribution in [-0.2, 0) is 24.0 Å². The Morgan fingerprint density at radius 1 is 1.43 bits per heavy atom. The summed E-state index contributed by atoms with van der Waals surface area (Å²) in [5.41, 5.74) is 0. The molecule has 2 aliphatic rings. The molecule has 1 unspecified atom stereocenters. The molecule has 2 fully saturated rings. The fourth-order valence-electron chi connectivity index (χ4n) is 3.46. The van der Waals surface area contributed by atoms with Gasteiger partial charge in [-0.05, 0) is 19.3 Å². The van der Waals surface area contributed by atoms with Gasteiger partial charge >= 0.3 is 5.97 Å². The first-order valence-corrected chi connectivity index (χ1v) is 8.10. The Bertz CT molecular complexity index is 437. The second-order valence-corrected chi connectivity index (χ2v) is 6.23. The zero-order valence-corrected chi connectivity index (χ0v) is 13.6. The van der Waals surface area contributed by atoms with Crippen molar-refractivity contribution in [2.24, 2.45) is 5.92 Å². The van der Waals surface area contributed by atoms with Crippen molar-refractivity contribution in [2.45, 2.75) is 69.5 Å². The Balaban J connectivity index is 1.90. The first kappa shape index (κ1) is 18.1. The van der Waals surface area contributed by atoms with Crippen molar-refractivity contribution in [3.8, 4) is 0 Å². The molecule has 2 rings (SSSR count). The minimum Gasteiger partial charge on any atom is -0.396 e. The maximum absolute atomic E-state index is 11.4. The molecular formula is C16H25NO6. The number of hydrogen-bond acceptors (Lipinski definition) is 6. The lowest BCUT2D eigenvalue weighted by molar-refractivity contribution is -0.255. The highest BCUT2D eigenvalue weighted by Gasteiger charge is 2.48. The van der Waals surface area contributed by atoms with Gasteiger partial charge in [-0.1, -0.05) is 0 Å². The number of aliphatic hydroxyl groups excluding tert-OH is 1. The lowest BCUT2D eigenvalue weighted by Gasteiger charge is -2.33. The molecule has 0 spiro atoms. The van der Waals surface area contributed by atoms with Crippen molar-refractivity contribution in [1.29, 1.82) is 0 Å². The summed E-state index contributed by atoms with van der Waals surface area (Å²) in [4.78, 5) is 23.7. The number of aliphatic hydroxyl groups is 1. The van der Waals surface area contributed by atoms with Gasteiger partial charge in [0.05, 0.1) is 44.6 Å². The van der Waals surface area contributed by atoms with Crippen LogP contribution in [0.15, 0.2) is 0 Å². The maximum atomic E-state index is 11.4. The maximum Gasteiger partial charge on any atom is 0.342 e.